The summed E-state index contributed by atoms with van der Waals surface area (Å²) in [4.78, 5) is 13.8. The second-order valence-electron chi connectivity index (χ2n) is 4.52. The van der Waals surface area contributed by atoms with E-state index in [0.29, 0.717) is 10.7 Å². The molecule has 1 aliphatic heterocycles. The minimum atomic E-state index is -0.0815. The van der Waals surface area contributed by atoms with Gasteiger partial charge in [-0.1, -0.05) is 11.6 Å². The lowest BCUT2D eigenvalue weighted by Gasteiger charge is -2.25. The highest BCUT2D eigenvalue weighted by Gasteiger charge is 2.12. The molecule has 1 aromatic carbocycles. The van der Waals surface area contributed by atoms with Gasteiger partial charge in [0.15, 0.2) is 0 Å². The molecule has 0 saturated carbocycles. The number of allylic oxidation sites excluding steroid dienone is 3. The lowest BCUT2D eigenvalue weighted by Crippen LogP contribution is -2.37. The number of rotatable bonds is 4. The molecular formula is C15H16ClN3O. The SMILES string of the molecule is CN(C)C=CC(=O)C1=CC=CN(c2ccc(Cl)cc2)N1. The van der Waals surface area contributed by atoms with Crippen LogP contribution in [0.2, 0.25) is 5.02 Å². The van der Waals surface area contributed by atoms with Crippen molar-refractivity contribution >= 4 is 23.1 Å². The minimum absolute atomic E-state index is 0.0815. The van der Waals surface area contributed by atoms with Gasteiger partial charge in [-0.2, -0.15) is 0 Å². The lowest BCUT2D eigenvalue weighted by atomic mass is 10.2. The van der Waals surface area contributed by atoms with Crippen LogP contribution in [0.15, 0.2) is 60.6 Å². The van der Waals surface area contributed by atoms with Crippen molar-refractivity contribution in [2.24, 2.45) is 0 Å². The van der Waals surface area contributed by atoms with E-state index in [4.69, 9.17) is 11.6 Å². The molecule has 0 spiro atoms. The average molecular weight is 290 g/mol. The first-order valence-electron chi connectivity index (χ1n) is 6.15. The van der Waals surface area contributed by atoms with Gasteiger partial charge in [-0.25, -0.2) is 0 Å². The molecule has 2 rings (SSSR count). The van der Waals surface area contributed by atoms with E-state index in [1.165, 1.54) is 6.08 Å². The second kappa shape index (κ2) is 6.30. The summed E-state index contributed by atoms with van der Waals surface area (Å²) in [6, 6.07) is 7.36. The number of carbonyl (C=O) groups excluding carboxylic acids is 1. The van der Waals surface area contributed by atoms with Gasteiger partial charge in [0, 0.05) is 37.6 Å². The Morgan fingerprint density at radius 1 is 1.30 bits per heavy atom. The quantitative estimate of drug-likeness (QED) is 0.865. The van der Waals surface area contributed by atoms with Gasteiger partial charge in [-0.15, -0.1) is 0 Å². The van der Waals surface area contributed by atoms with E-state index in [2.05, 4.69) is 5.43 Å². The number of halogens is 1. The van der Waals surface area contributed by atoms with E-state index in [1.54, 1.807) is 29.4 Å². The molecule has 0 atom stereocenters. The predicted molar refractivity (Wildman–Crippen MR) is 82.1 cm³/mol. The fraction of sp³-hybridized carbons (Fsp3) is 0.133. The van der Waals surface area contributed by atoms with Crippen LogP contribution in [0.25, 0.3) is 0 Å². The zero-order valence-electron chi connectivity index (χ0n) is 11.4. The summed E-state index contributed by atoms with van der Waals surface area (Å²) in [5, 5.41) is 2.45. The van der Waals surface area contributed by atoms with Crippen molar-refractivity contribution in [3.63, 3.8) is 0 Å². The maximum absolute atomic E-state index is 12.0. The molecule has 0 radical (unpaired) electrons. The molecule has 0 saturated heterocycles. The molecule has 104 valence electrons. The maximum Gasteiger partial charge on any atom is 0.204 e. The van der Waals surface area contributed by atoms with Crippen LogP contribution in [0.4, 0.5) is 5.69 Å². The zero-order valence-corrected chi connectivity index (χ0v) is 12.1. The van der Waals surface area contributed by atoms with Crippen LogP contribution in [0, 0.1) is 0 Å². The smallest absolute Gasteiger partial charge is 0.204 e. The number of benzene rings is 1. The summed E-state index contributed by atoms with van der Waals surface area (Å²) in [5.74, 6) is -0.0815. The first-order chi connectivity index (χ1) is 9.56. The zero-order chi connectivity index (χ0) is 14.5. The van der Waals surface area contributed by atoms with Gasteiger partial charge in [0.05, 0.1) is 5.69 Å². The number of ketones is 1. The number of hydrazine groups is 1. The van der Waals surface area contributed by atoms with Crippen molar-refractivity contribution in [2.75, 3.05) is 19.1 Å². The van der Waals surface area contributed by atoms with E-state index in [1.807, 2.05) is 43.4 Å². The standard InChI is InChI=1S/C15H16ClN3O/c1-18(2)11-9-15(20)14-4-3-10-19(17-14)13-7-5-12(16)6-8-13/h3-11,17H,1-2H3. The highest BCUT2D eigenvalue weighted by Crippen LogP contribution is 2.19. The molecule has 0 aliphatic carbocycles. The van der Waals surface area contributed by atoms with Gasteiger partial charge in [-0.3, -0.25) is 15.2 Å². The third-order valence-corrected chi connectivity index (χ3v) is 2.89. The lowest BCUT2D eigenvalue weighted by molar-refractivity contribution is -0.111. The summed E-state index contributed by atoms with van der Waals surface area (Å²) < 4.78 is 0. The van der Waals surface area contributed by atoms with Gasteiger partial charge in [0.1, 0.15) is 5.70 Å². The molecule has 0 bridgehead atoms. The third-order valence-electron chi connectivity index (χ3n) is 2.63. The molecule has 20 heavy (non-hydrogen) atoms. The summed E-state index contributed by atoms with van der Waals surface area (Å²) in [5.41, 5.74) is 4.48. The minimum Gasteiger partial charge on any atom is -0.383 e. The summed E-state index contributed by atoms with van der Waals surface area (Å²) >= 11 is 5.86. The molecule has 0 fully saturated rings. The van der Waals surface area contributed by atoms with Crippen LogP contribution in [0.5, 0.6) is 0 Å². The van der Waals surface area contributed by atoms with Crippen molar-refractivity contribution in [1.82, 2.24) is 10.3 Å². The van der Waals surface area contributed by atoms with Gasteiger partial charge < -0.3 is 4.90 Å². The maximum atomic E-state index is 12.0. The molecule has 1 aliphatic rings. The first kappa shape index (κ1) is 14.2. The highest BCUT2D eigenvalue weighted by molar-refractivity contribution is 6.30. The number of carbonyl (C=O) groups is 1. The second-order valence-corrected chi connectivity index (χ2v) is 4.96. The molecule has 1 heterocycles. The van der Waals surface area contributed by atoms with E-state index in [0.717, 1.165) is 5.69 Å². The molecular weight excluding hydrogens is 274 g/mol. The van der Waals surface area contributed by atoms with Gasteiger partial charge in [0.25, 0.3) is 0 Å². The van der Waals surface area contributed by atoms with Crippen molar-refractivity contribution in [3.05, 3.63) is 65.6 Å². The molecule has 1 aromatic rings. The number of anilines is 1. The summed E-state index contributed by atoms with van der Waals surface area (Å²) in [6.07, 6.45) is 8.65. The monoisotopic (exact) mass is 289 g/mol. The molecule has 4 nitrogen and oxygen atoms in total. The van der Waals surface area contributed by atoms with Crippen LogP contribution in [0.3, 0.4) is 0 Å². The Bertz CT molecular complexity index is 573. The van der Waals surface area contributed by atoms with E-state index in [9.17, 15) is 4.79 Å². The topological polar surface area (TPSA) is 35.6 Å². The fourth-order valence-corrected chi connectivity index (χ4v) is 1.75. The first-order valence-corrected chi connectivity index (χ1v) is 6.53. The van der Waals surface area contributed by atoms with Crippen molar-refractivity contribution in [3.8, 4) is 0 Å². The van der Waals surface area contributed by atoms with Crippen molar-refractivity contribution < 1.29 is 4.79 Å². The Morgan fingerprint density at radius 3 is 2.65 bits per heavy atom. The predicted octanol–water partition coefficient (Wildman–Crippen LogP) is 2.71. The number of hydrogen-bond acceptors (Lipinski definition) is 4. The van der Waals surface area contributed by atoms with E-state index >= 15 is 0 Å². The van der Waals surface area contributed by atoms with Gasteiger partial charge in [0.2, 0.25) is 5.78 Å². The van der Waals surface area contributed by atoms with E-state index < -0.39 is 0 Å². The Kier molecular flexibility index (Phi) is 4.48. The molecule has 5 heteroatoms. The number of nitrogens with one attached hydrogen (secondary N) is 1. The van der Waals surface area contributed by atoms with Crippen LogP contribution >= 0.6 is 11.6 Å². The largest absolute Gasteiger partial charge is 0.383 e. The van der Waals surface area contributed by atoms with Crippen molar-refractivity contribution in [1.29, 1.82) is 0 Å². The molecule has 1 N–H and O–H groups in total. The Balaban J connectivity index is 2.09. The highest BCUT2D eigenvalue weighted by atomic mass is 35.5. The molecule has 0 unspecified atom stereocenters. The van der Waals surface area contributed by atoms with Crippen molar-refractivity contribution in [2.45, 2.75) is 0 Å². The summed E-state index contributed by atoms with van der Waals surface area (Å²) in [7, 11) is 3.73. The number of hydrogen-bond donors (Lipinski definition) is 1. The van der Waals surface area contributed by atoms with Crippen LogP contribution in [0.1, 0.15) is 0 Å². The van der Waals surface area contributed by atoms with Crippen LogP contribution in [-0.2, 0) is 4.79 Å². The van der Waals surface area contributed by atoms with Gasteiger partial charge in [-0.05, 0) is 36.4 Å². The Morgan fingerprint density at radius 2 is 2.00 bits per heavy atom. The molecule has 0 amide bonds. The van der Waals surface area contributed by atoms with E-state index in [-0.39, 0.29) is 5.78 Å². The van der Waals surface area contributed by atoms with Crippen LogP contribution < -0.4 is 10.4 Å². The Labute approximate surface area is 123 Å². The average Bonchev–Trinajstić information content (AvgIpc) is 2.45. The third kappa shape index (κ3) is 3.65. The fourth-order valence-electron chi connectivity index (χ4n) is 1.63. The van der Waals surface area contributed by atoms with Crippen LogP contribution in [-0.4, -0.2) is 24.8 Å². The normalized spacial score (nSPS) is 14.2. The molecule has 0 aromatic heterocycles. The summed E-state index contributed by atoms with van der Waals surface area (Å²) in [6.45, 7) is 0. The number of nitrogens with zero attached hydrogens (tertiary/aromatic N) is 2. The Hall–Kier alpha value is -2.20. The van der Waals surface area contributed by atoms with Gasteiger partial charge >= 0.3 is 0 Å².